The lowest BCUT2D eigenvalue weighted by atomic mass is 9.63. The van der Waals surface area contributed by atoms with Crippen molar-refractivity contribution >= 4 is 23.9 Å². The number of rotatable bonds is 2. The molecule has 0 amide bonds. The van der Waals surface area contributed by atoms with E-state index in [1.807, 2.05) is 6.07 Å². The maximum atomic E-state index is 11.9. The molecule has 4 rings (SSSR count). The van der Waals surface area contributed by atoms with Crippen LogP contribution in [0.3, 0.4) is 0 Å². The van der Waals surface area contributed by atoms with Gasteiger partial charge in [0.15, 0.2) is 0 Å². The highest BCUT2D eigenvalue weighted by atomic mass is 16.6. The second kappa shape index (κ2) is 5.25. The molecular weight excluding hydrogens is 324 g/mol. The van der Waals surface area contributed by atoms with Gasteiger partial charge in [0, 0.05) is 0 Å². The number of carbonyl (C=O) groups excluding carboxylic acids is 4. The summed E-state index contributed by atoms with van der Waals surface area (Å²) in [5.41, 5.74) is 1.18. The Kier molecular flexibility index (Phi) is 3.36. The third-order valence-electron chi connectivity index (χ3n) is 6.07. The van der Waals surface area contributed by atoms with Crippen LogP contribution >= 0.6 is 0 Å². The van der Waals surface area contributed by atoms with Gasteiger partial charge in [0.05, 0.1) is 23.0 Å². The van der Waals surface area contributed by atoms with E-state index in [0.29, 0.717) is 24.0 Å². The zero-order chi connectivity index (χ0) is 17.9. The number of esters is 4. The predicted octanol–water partition coefficient (Wildman–Crippen LogP) is 2.39. The first-order valence-electron chi connectivity index (χ1n) is 8.45. The third kappa shape index (κ3) is 2.31. The molecule has 0 spiro atoms. The molecule has 1 saturated carbocycles. The summed E-state index contributed by atoms with van der Waals surface area (Å²) in [5.74, 6) is -2.57. The van der Waals surface area contributed by atoms with Crippen LogP contribution in [0.1, 0.15) is 59.4 Å². The lowest BCUT2D eigenvalue weighted by Crippen LogP contribution is -2.37. The van der Waals surface area contributed by atoms with Crippen molar-refractivity contribution < 1.29 is 28.7 Å². The summed E-state index contributed by atoms with van der Waals surface area (Å²) in [4.78, 5) is 47.1. The molecule has 1 aliphatic carbocycles. The topological polar surface area (TPSA) is 86.7 Å². The molecule has 3 unspecified atom stereocenters. The summed E-state index contributed by atoms with van der Waals surface area (Å²) >= 11 is 0. The van der Waals surface area contributed by atoms with Crippen LogP contribution in [0.25, 0.3) is 0 Å². The van der Waals surface area contributed by atoms with Crippen LogP contribution in [0.4, 0.5) is 0 Å². The monoisotopic (exact) mass is 342 g/mol. The summed E-state index contributed by atoms with van der Waals surface area (Å²) in [7, 11) is 0. The molecule has 0 aromatic heterocycles. The Labute approximate surface area is 144 Å². The summed E-state index contributed by atoms with van der Waals surface area (Å²) < 4.78 is 9.44. The lowest BCUT2D eigenvalue weighted by Gasteiger charge is -2.40. The number of benzene rings is 1. The molecule has 0 bridgehead atoms. The summed E-state index contributed by atoms with van der Waals surface area (Å²) in [6.07, 6.45) is 2.02. The van der Waals surface area contributed by atoms with Gasteiger partial charge in [0.1, 0.15) is 0 Å². The van der Waals surface area contributed by atoms with Gasteiger partial charge in [-0.2, -0.15) is 0 Å². The Morgan fingerprint density at radius 3 is 2.32 bits per heavy atom. The van der Waals surface area contributed by atoms with Gasteiger partial charge in [0.25, 0.3) is 0 Å². The van der Waals surface area contributed by atoms with E-state index in [1.165, 1.54) is 0 Å². The molecular formula is C19H18O6. The molecule has 130 valence electrons. The smallest absolute Gasteiger partial charge is 0.346 e. The molecule has 2 aliphatic heterocycles. The number of carbonyl (C=O) groups is 4. The number of cyclic esters (lactones) is 4. The molecule has 2 fully saturated rings. The average molecular weight is 342 g/mol. The Morgan fingerprint density at radius 1 is 0.880 bits per heavy atom. The van der Waals surface area contributed by atoms with Crippen molar-refractivity contribution in [3.63, 3.8) is 0 Å². The summed E-state index contributed by atoms with van der Waals surface area (Å²) in [5, 5.41) is 0. The highest BCUT2D eigenvalue weighted by Crippen LogP contribution is 2.47. The van der Waals surface area contributed by atoms with Crippen LogP contribution in [0.5, 0.6) is 0 Å². The molecule has 6 nitrogen and oxygen atoms in total. The van der Waals surface area contributed by atoms with Gasteiger partial charge in [0.2, 0.25) is 0 Å². The first kappa shape index (κ1) is 16.0. The Hall–Kier alpha value is -2.50. The van der Waals surface area contributed by atoms with Crippen LogP contribution < -0.4 is 0 Å². The summed E-state index contributed by atoms with van der Waals surface area (Å²) in [6.45, 7) is 4.12. The molecule has 25 heavy (non-hydrogen) atoms. The molecule has 1 aromatic rings. The highest BCUT2D eigenvalue weighted by Gasteiger charge is 2.50. The minimum Gasteiger partial charge on any atom is -0.393 e. The van der Waals surface area contributed by atoms with Crippen molar-refractivity contribution in [2.24, 2.45) is 17.8 Å². The van der Waals surface area contributed by atoms with Crippen molar-refractivity contribution in [1.29, 1.82) is 0 Å². The molecule has 2 heterocycles. The number of hydrogen-bond donors (Lipinski definition) is 0. The van der Waals surface area contributed by atoms with Gasteiger partial charge in [-0.25, -0.2) is 9.59 Å². The van der Waals surface area contributed by atoms with E-state index in [9.17, 15) is 19.2 Å². The van der Waals surface area contributed by atoms with Crippen LogP contribution in [0.2, 0.25) is 0 Å². The first-order chi connectivity index (χ1) is 11.8. The Bertz CT molecular complexity index is 821. The fraction of sp³-hybridized carbons (Fsp3) is 0.474. The average Bonchev–Trinajstić information content (AvgIpc) is 3.03. The van der Waals surface area contributed by atoms with E-state index in [2.05, 4.69) is 18.6 Å². The Morgan fingerprint density at radius 2 is 1.56 bits per heavy atom. The summed E-state index contributed by atoms with van der Waals surface area (Å²) in [6, 6.07) is 5.17. The maximum Gasteiger partial charge on any atom is 0.346 e. The number of hydrogen-bond acceptors (Lipinski definition) is 6. The van der Waals surface area contributed by atoms with Gasteiger partial charge in [-0.05, 0) is 48.3 Å². The number of ether oxygens (including phenoxy) is 2. The van der Waals surface area contributed by atoms with Crippen molar-refractivity contribution in [3.05, 3.63) is 34.9 Å². The van der Waals surface area contributed by atoms with Crippen LogP contribution in [0.15, 0.2) is 18.2 Å². The van der Waals surface area contributed by atoms with Crippen molar-refractivity contribution in [2.45, 2.75) is 38.5 Å². The zero-order valence-electron chi connectivity index (χ0n) is 14.0. The quantitative estimate of drug-likeness (QED) is 0.606. The van der Waals surface area contributed by atoms with Gasteiger partial charge < -0.3 is 9.47 Å². The van der Waals surface area contributed by atoms with Crippen LogP contribution in [0, 0.1) is 17.8 Å². The van der Waals surface area contributed by atoms with Crippen LogP contribution in [-0.4, -0.2) is 23.9 Å². The second-order valence-electron chi connectivity index (χ2n) is 7.62. The number of fused-ring (bicyclic) bond motifs is 2. The minimum atomic E-state index is -0.619. The maximum absolute atomic E-state index is 11.9. The lowest BCUT2D eigenvalue weighted by molar-refractivity contribution is -0.153. The van der Waals surface area contributed by atoms with E-state index in [-0.39, 0.29) is 23.2 Å². The standard InChI is InChI=1S/C19H18O6/c1-19(2,9-3-5-11-13(7-9)17(22)24-15(11)20)10-4-6-12-14(8-10)18(23)25-16(12)21/h3,5,7,10,12,14H,4,6,8H2,1-2H3. The fourth-order valence-corrected chi connectivity index (χ4v) is 4.34. The minimum absolute atomic E-state index is 0.165. The van der Waals surface area contributed by atoms with Gasteiger partial charge >= 0.3 is 23.9 Å². The molecule has 3 aliphatic rings. The molecule has 0 radical (unpaired) electrons. The largest absolute Gasteiger partial charge is 0.393 e. The SMILES string of the molecule is CC(C)(c1ccc2c(c1)C(=O)OC2=O)C1CCC2C(=O)OC(=O)C2C1. The molecule has 0 N–H and O–H groups in total. The van der Waals surface area contributed by atoms with Gasteiger partial charge in [-0.15, -0.1) is 0 Å². The third-order valence-corrected chi connectivity index (χ3v) is 6.07. The van der Waals surface area contributed by atoms with Crippen molar-refractivity contribution in [2.75, 3.05) is 0 Å². The highest BCUT2D eigenvalue weighted by molar-refractivity contribution is 6.14. The predicted molar refractivity (Wildman–Crippen MR) is 84.6 cm³/mol. The van der Waals surface area contributed by atoms with E-state index in [1.54, 1.807) is 12.1 Å². The molecule has 3 atom stereocenters. The molecule has 1 saturated heterocycles. The van der Waals surface area contributed by atoms with Crippen molar-refractivity contribution in [1.82, 2.24) is 0 Å². The van der Waals surface area contributed by atoms with Gasteiger partial charge in [-0.3, -0.25) is 9.59 Å². The van der Waals surface area contributed by atoms with Crippen molar-refractivity contribution in [3.8, 4) is 0 Å². The Balaban J connectivity index is 1.63. The first-order valence-corrected chi connectivity index (χ1v) is 8.45. The zero-order valence-corrected chi connectivity index (χ0v) is 14.0. The normalized spacial score (nSPS) is 28.5. The molecule has 1 aromatic carbocycles. The molecule has 6 heteroatoms. The van der Waals surface area contributed by atoms with E-state index >= 15 is 0 Å². The second-order valence-corrected chi connectivity index (χ2v) is 7.62. The van der Waals surface area contributed by atoms with Gasteiger partial charge in [-0.1, -0.05) is 19.9 Å². The van der Waals surface area contributed by atoms with E-state index < -0.39 is 23.9 Å². The van der Waals surface area contributed by atoms with E-state index in [0.717, 1.165) is 12.0 Å². The fourth-order valence-electron chi connectivity index (χ4n) is 4.34. The van der Waals surface area contributed by atoms with E-state index in [4.69, 9.17) is 4.74 Å². The van der Waals surface area contributed by atoms with Crippen LogP contribution in [-0.2, 0) is 24.5 Å².